The Morgan fingerprint density at radius 2 is 1.89 bits per heavy atom. The normalized spacial score (nSPS) is 17.0. The molecule has 9 nitrogen and oxygen atoms in total. The van der Waals surface area contributed by atoms with Gasteiger partial charge in [0.1, 0.15) is 11.5 Å². The van der Waals surface area contributed by atoms with Crippen LogP contribution in [0.3, 0.4) is 0 Å². The second-order valence-electron chi connectivity index (χ2n) is 8.87. The lowest BCUT2D eigenvalue weighted by Crippen LogP contribution is -2.29. The first-order valence-electron chi connectivity index (χ1n) is 11.4. The number of carbonyl (C=O) groups excluding carboxylic acids is 2. The van der Waals surface area contributed by atoms with Crippen molar-refractivity contribution in [2.24, 2.45) is 5.92 Å². The molecule has 0 saturated carbocycles. The highest BCUT2D eigenvalue weighted by molar-refractivity contribution is 6.46. The third-order valence-corrected chi connectivity index (χ3v) is 5.72. The average molecular weight is 488 g/mol. The van der Waals surface area contributed by atoms with Crippen molar-refractivity contribution in [1.29, 1.82) is 0 Å². The summed E-state index contributed by atoms with van der Waals surface area (Å²) in [7, 11) is 0. The number of hydrogen-bond acceptors (Lipinski definition) is 7. The number of non-ortho nitro benzene ring substituents is 1. The first kappa shape index (κ1) is 24.6. The summed E-state index contributed by atoms with van der Waals surface area (Å²) in [6, 6.07) is 14.7. The van der Waals surface area contributed by atoms with Crippen LogP contribution >= 0.6 is 0 Å². The van der Waals surface area contributed by atoms with E-state index in [2.05, 4.69) is 4.98 Å². The van der Waals surface area contributed by atoms with Crippen LogP contribution < -0.4 is 4.74 Å². The van der Waals surface area contributed by atoms with Gasteiger partial charge in [0.15, 0.2) is 0 Å². The monoisotopic (exact) mass is 487 g/mol. The Kier molecular flexibility index (Phi) is 7.10. The van der Waals surface area contributed by atoms with Gasteiger partial charge in [0.25, 0.3) is 17.4 Å². The van der Waals surface area contributed by atoms with Crippen molar-refractivity contribution >= 4 is 23.1 Å². The number of hydrogen-bond donors (Lipinski definition) is 1. The van der Waals surface area contributed by atoms with E-state index in [1.165, 1.54) is 23.1 Å². The number of aromatic nitrogens is 1. The molecule has 4 rings (SSSR count). The molecule has 2 aromatic carbocycles. The maximum absolute atomic E-state index is 13.2. The maximum Gasteiger partial charge on any atom is 0.295 e. The summed E-state index contributed by atoms with van der Waals surface area (Å²) in [6.07, 6.45) is 3.16. The fraction of sp³-hybridized carbons (Fsp3) is 0.222. The Labute approximate surface area is 207 Å². The van der Waals surface area contributed by atoms with E-state index in [1.54, 1.807) is 54.9 Å². The van der Waals surface area contributed by atoms with Crippen molar-refractivity contribution in [3.63, 3.8) is 0 Å². The Balaban J connectivity index is 1.79. The van der Waals surface area contributed by atoms with Crippen LogP contribution in [0.25, 0.3) is 5.76 Å². The van der Waals surface area contributed by atoms with Crippen molar-refractivity contribution < 1.29 is 24.4 Å². The number of likely N-dealkylation sites (tertiary alicyclic amines) is 1. The number of benzene rings is 2. The summed E-state index contributed by atoms with van der Waals surface area (Å²) in [4.78, 5) is 42.5. The summed E-state index contributed by atoms with van der Waals surface area (Å²) < 4.78 is 5.68. The van der Waals surface area contributed by atoms with E-state index in [4.69, 9.17) is 4.74 Å². The summed E-state index contributed by atoms with van der Waals surface area (Å²) in [6.45, 7) is 4.61. The second-order valence-corrected chi connectivity index (χ2v) is 8.87. The molecule has 0 bridgehead atoms. The van der Waals surface area contributed by atoms with E-state index in [0.29, 0.717) is 35.0 Å². The largest absolute Gasteiger partial charge is 0.507 e. The van der Waals surface area contributed by atoms with Gasteiger partial charge in [-0.1, -0.05) is 32.0 Å². The average Bonchev–Trinajstić information content (AvgIpc) is 3.13. The van der Waals surface area contributed by atoms with Crippen LogP contribution in [0.15, 0.2) is 78.6 Å². The van der Waals surface area contributed by atoms with Crippen LogP contribution in [0.5, 0.6) is 5.75 Å². The molecule has 0 aliphatic carbocycles. The van der Waals surface area contributed by atoms with Crippen LogP contribution in [0.1, 0.15) is 36.6 Å². The van der Waals surface area contributed by atoms with E-state index in [1.807, 2.05) is 13.8 Å². The number of ether oxygens (including phenoxy) is 1. The lowest BCUT2D eigenvalue weighted by Gasteiger charge is -2.25. The molecule has 1 fully saturated rings. The zero-order valence-electron chi connectivity index (χ0n) is 19.8. The van der Waals surface area contributed by atoms with Gasteiger partial charge in [-0.05, 0) is 47.4 Å². The van der Waals surface area contributed by atoms with E-state index >= 15 is 0 Å². The number of Topliss-reactive ketones (excluding diaryl/α,β-unsaturated/α-hetero) is 1. The third kappa shape index (κ3) is 5.10. The van der Waals surface area contributed by atoms with Gasteiger partial charge in [-0.2, -0.15) is 0 Å². The summed E-state index contributed by atoms with van der Waals surface area (Å²) in [5, 5.41) is 22.6. The van der Waals surface area contributed by atoms with Crippen molar-refractivity contribution in [2.75, 3.05) is 6.61 Å². The van der Waals surface area contributed by atoms with Crippen molar-refractivity contribution in [1.82, 2.24) is 9.88 Å². The van der Waals surface area contributed by atoms with Gasteiger partial charge in [0.05, 0.1) is 23.1 Å². The molecule has 0 spiro atoms. The predicted octanol–water partition coefficient (Wildman–Crippen LogP) is 4.65. The molecule has 3 aromatic rings. The molecule has 1 N–H and O–H groups in total. The number of nitrogens with zero attached hydrogens (tertiary/aromatic N) is 3. The molecule has 0 radical (unpaired) electrons. The fourth-order valence-corrected chi connectivity index (χ4v) is 4.01. The van der Waals surface area contributed by atoms with Crippen LogP contribution in [0.2, 0.25) is 0 Å². The third-order valence-electron chi connectivity index (χ3n) is 5.72. The molecule has 0 unspecified atom stereocenters. The first-order valence-corrected chi connectivity index (χ1v) is 11.4. The molecular weight excluding hydrogens is 462 g/mol. The lowest BCUT2D eigenvalue weighted by atomic mass is 9.95. The van der Waals surface area contributed by atoms with E-state index in [9.17, 15) is 24.8 Å². The second kappa shape index (κ2) is 10.4. The number of pyridine rings is 1. The molecule has 1 aromatic heterocycles. The molecule has 9 heteroatoms. The van der Waals surface area contributed by atoms with Crippen molar-refractivity contribution in [3.8, 4) is 5.75 Å². The van der Waals surface area contributed by atoms with Gasteiger partial charge in [0.2, 0.25) is 0 Å². The number of nitro groups is 1. The highest BCUT2D eigenvalue weighted by Gasteiger charge is 2.46. The minimum absolute atomic E-state index is 0.0323. The SMILES string of the molecule is CC(C)COc1ccc(C(O)=C2C(=O)C(=O)N(Cc3cccnc3)[C@H]2c2cccc([N+](=O)[O-])c2)cc1. The van der Waals surface area contributed by atoms with Crippen LogP contribution in [-0.2, 0) is 16.1 Å². The van der Waals surface area contributed by atoms with Gasteiger partial charge in [0, 0.05) is 36.6 Å². The summed E-state index contributed by atoms with van der Waals surface area (Å²) in [5.74, 6) is -1.10. The summed E-state index contributed by atoms with van der Waals surface area (Å²) >= 11 is 0. The van der Waals surface area contributed by atoms with Gasteiger partial charge in [-0.3, -0.25) is 24.7 Å². The maximum atomic E-state index is 13.2. The molecule has 2 heterocycles. The minimum Gasteiger partial charge on any atom is -0.507 e. The number of ketones is 1. The highest BCUT2D eigenvalue weighted by atomic mass is 16.6. The number of aliphatic hydroxyl groups is 1. The zero-order chi connectivity index (χ0) is 25.8. The highest BCUT2D eigenvalue weighted by Crippen LogP contribution is 2.41. The van der Waals surface area contributed by atoms with Crippen molar-refractivity contribution in [3.05, 3.63) is 105 Å². The number of amides is 1. The molecule has 1 aliphatic heterocycles. The fourth-order valence-electron chi connectivity index (χ4n) is 4.01. The van der Waals surface area contributed by atoms with Gasteiger partial charge < -0.3 is 14.7 Å². The van der Waals surface area contributed by atoms with Crippen molar-refractivity contribution in [2.45, 2.75) is 26.4 Å². The Bertz CT molecular complexity index is 1320. The van der Waals surface area contributed by atoms with E-state index in [-0.39, 0.29) is 23.6 Å². The topological polar surface area (TPSA) is 123 Å². The number of rotatable bonds is 8. The molecule has 36 heavy (non-hydrogen) atoms. The van der Waals surface area contributed by atoms with Crippen LogP contribution in [-0.4, -0.2) is 38.2 Å². The quantitative estimate of drug-likeness (QED) is 0.161. The van der Waals surface area contributed by atoms with E-state index in [0.717, 1.165) is 0 Å². The molecule has 1 atom stereocenters. The summed E-state index contributed by atoms with van der Waals surface area (Å²) in [5.41, 5.74) is 1.00. The Morgan fingerprint density at radius 3 is 2.53 bits per heavy atom. The molecule has 1 aliphatic rings. The van der Waals surface area contributed by atoms with Crippen LogP contribution in [0, 0.1) is 16.0 Å². The molecular formula is C27H25N3O6. The smallest absolute Gasteiger partial charge is 0.295 e. The number of aliphatic hydroxyl groups excluding tert-OH is 1. The molecule has 1 amide bonds. The lowest BCUT2D eigenvalue weighted by molar-refractivity contribution is -0.384. The Hall–Kier alpha value is -4.53. The number of nitro benzene ring substituents is 1. The zero-order valence-corrected chi connectivity index (χ0v) is 19.8. The first-order chi connectivity index (χ1) is 17.3. The molecule has 1 saturated heterocycles. The van der Waals surface area contributed by atoms with E-state index < -0.39 is 22.7 Å². The molecule has 184 valence electrons. The number of carbonyl (C=O) groups is 2. The van der Waals surface area contributed by atoms with Gasteiger partial charge in [-0.25, -0.2) is 0 Å². The van der Waals surface area contributed by atoms with Gasteiger partial charge >= 0.3 is 0 Å². The predicted molar refractivity (Wildman–Crippen MR) is 132 cm³/mol. The van der Waals surface area contributed by atoms with Gasteiger partial charge in [-0.15, -0.1) is 0 Å². The Morgan fingerprint density at radius 1 is 1.14 bits per heavy atom. The minimum atomic E-state index is -1.03. The standard InChI is InChI=1S/C27H25N3O6/c1-17(2)16-36-22-10-8-19(9-11-22)25(31)23-24(20-6-3-7-21(13-20)30(34)35)29(27(33)26(23)32)15-18-5-4-12-28-14-18/h3-14,17,24,31H,15-16H2,1-2H3/t24-/m0/s1. The van der Waals surface area contributed by atoms with Crippen LogP contribution in [0.4, 0.5) is 5.69 Å².